The molecule has 0 heterocycles. The number of nitrogens with one attached hydrogen (secondary N) is 1. The van der Waals surface area contributed by atoms with E-state index in [1.807, 2.05) is 45.2 Å². The third kappa shape index (κ3) is 9.22. The molecule has 0 saturated heterocycles. The topological polar surface area (TPSA) is 36.3 Å². The van der Waals surface area contributed by atoms with E-state index in [-0.39, 0.29) is 51.4 Å². The van der Waals surface area contributed by atoms with Crippen LogP contribution < -0.4 is 61.3 Å². The minimum atomic E-state index is 0. The average Bonchev–Trinajstić information content (AvgIpc) is 2.65. The maximum absolute atomic E-state index is 7.32. The van der Waals surface area contributed by atoms with Gasteiger partial charge in [-0.05, 0) is 42.7 Å². The van der Waals surface area contributed by atoms with Gasteiger partial charge in [0.1, 0.15) is 0 Å². The zero-order valence-electron chi connectivity index (χ0n) is 16.5. The van der Waals surface area contributed by atoms with E-state index < -0.39 is 0 Å². The van der Waals surface area contributed by atoms with Crippen LogP contribution in [0.15, 0.2) is 48.5 Å². The predicted octanol–water partition coefficient (Wildman–Crippen LogP) is 3.43. The minimum absolute atomic E-state index is 0. The molecule has 1 N–H and O–H groups in total. The summed E-state index contributed by atoms with van der Waals surface area (Å²) in [6, 6.07) is 16.2. The van der Waals surface area contributed by atoms with Gasteiger partial charge in [-0.2, -0.15) is 0 Å². The fraction of sp³-hybridized carbons (Fsp3) is 0.429. The van der Waals surface area contributed by atoms with Gasteiger partial charge >= 0.3 is 51.4 Å². The predicted molar refractivity (Wildman–Crippen MR) is 105 cm³/mol. The normalized spacial score (nSPS) is 9.48. The molecule has 0 aliphatic heterocycles. The fourth-order valence-electron chi connectivity index (χ4n) is 2.33. The molecule has 0 fully saturated rings. The first-order valence-corrected chi connectivity index (χ1v) is 8.97. The molecule has 0 radical (unpaired) electrons. The number of hydrogen-bond acceptors (Lipinski definition) is 2. The molecule has 3 nitrogen and oxygen atoms in total. The Morgan fingerprint density at radius 3 is 1.96 bits per heavy atom. The van der Waals surface area contributed by atoms with Gasteiger partial charge < -0.3 is 10.6 Å². The van der Waals surface area contributed by atoms with Gasteiger partial charge in [-0.15, -0.1) is 6.54 Å². The molecular formula is C21H31KN2O. The number of rotatable bonds is 8. The molecule has 0 unspecified atom stereocenters. The van der Waals surface area contributed by atoms with Crippen molar-refractivity contribution in [3.63, 3.8) is 0 Å². The third-order valence-corrected chi connectivity index (χ3v) is 3.74. The van der Waals surface area contributed by atoms with Crippen LogP contribution in [0.1, 0.15) is 51.2 Å². The maximum atomic E-state index is 7.32. The van der Waals surface area contributed by atoms with Crippen LogP contribution in [0.25, 0.3) is 5.73 Å². The summed E-state index contributed by atoms with van der Waals surface area (Å²) in [6.45, 7) is 6.53. The molecular weight excluding hydrogens is 335 g/mol. The first kappa shape index (κ1) is 24.6. The largest absolute Gasteiger partial charge is 1.00 e. The van der Waals surface area contributed by atoms with Gasteiger partial charge in [0.25, 0.3) is 0 Å². The number of anilines is 1. The van der Waals surface area contributed by atoms with E-state index in [4.69, 9.17) is 10.6 Å². The van der Waals surface area contributed by atoms with E-state index in [9.17, 15) is 0 Å². The second kappa shape index (κ2) is 14.8. The molecule has 0 aliphatic carbocycles. The van der Waals surface area contributed by atoms with Crippen LogP contribution >= 0.6 is 0 Å². The Hall–Kier alpha value is -0.364. The standard InChI is InChI=1S/C19H25N2O.C2H6.K/c1-3-4-5-6-16-7-11-18(12-8-16)21(2)22-19-13-9-17(15-20)10-14-19;1-2;/h7-14,20H,3-6,15H2,1-2H3;1-2H3;/q-1;;+1. The average molecular weight is 367 g/mol. The van der Waals surface area contributed by atoms with Crippen molar-refractivity contribution >= 4 is 5.69 Å². The molecule has 0 aliphatic rings. The van der Waals surface area contributed by atoms with Gasteiger partial charge in [0.15, 0.2) is 5.75 Å². The Morgan fingerprint density at radius 1 is 0.880 bits per heavy atom. The summed E-state index contributed by atoms with van der Waals surface area (Å²) in [4.78, 5) is 5.81. The maximum Gasteiger partial charge on any atom is 1.00 e. The zero-order valence-corrected chi connectivity index (χ0v) is 19.6. The first-order valence-electron chi connectivity index (χ1n) is 8.97. The van der Waals surface area contributed by atoms with Crippen molar-refractivity contribution in [1.82, 2.24) is 0 Å². The van der Waals surface area contributed by atoms with E-state index in [1.165, 1.54) is 24.8 Å². The van der Waals surface area contributed by atoms with E-state index in [0.717, 1.165) is 23.4 Å². The Bertz CT molecular complexity index is 555. The number of nitrogens with zero attached hydrogens (tertiary/aromatic N) is 1. The Labute approximate surface area is 196 Å². The minimum Gasteiger partial charge on any atom is -0.674 e. The van der Waals surface area contributed by atoms with Crippen LogP contribution in [0.4, 0.5) is 5.69 Å². The number of hydrogen-bond donors (Lipinski definition) is 0. The van der Waals surface area contributed by atoms with Crippen LogP contribution in [0.5, 0.6) is 5.75 Å². The Balaban J connectivity index is 0.00000185. The van der Waals surface area contributed by atoms with Crippen molar-refractivity contribution in [1.29, 1.82) is 0 Å². The molecule has 0 bridgehead atoms. The van der Waals surface area contributed by atoms with Gasteiger partial charge in [0.05, 0.1) is 5.69 Å². The Kier molecular flexibility index (Phi) is 14.6. The van der Waals surface area contributed by atoms with Crippen LogP contribution in [-0.4, -0.2) is 7.05 Å². The van der Waals surface area contributed by atoms with Crippen molar-refractivity contribution in [2.45, 2.75) is 53.0 Å². The molecule has 132 valence electrons. The van der Waals surface area contributed by atoms with E-state index in [1.54, 1.807) is 5.06 Å². The number of unbranched alkanes of at least 4 members (excludes halogenated alkanes) is 2. The van der Waals surface area contributed by atoms with Gasteiger partial charge in [0.2, 0.25) is 0 Å². The molecule has 0 aromatic heterocycles. The second-order valence-electron chi connectivity index (χ2n) is 5.53. The van der Waals surface area contributed by atoms with Crippen LogP contribution in [0.3, 0.4) is 0 Å². The summed E-state index contributed by atoms with van der Waals surface area (Å²) < 4.78 is 0. The summed E-state index contributed by atoms with van der Waals surface area (Å²) in [7, 11) is 1.91. The van der Waals surface area contributed by atoms with E-state index >= 15 is 0 Å². The zero-order chi connectivity index (χ0) is 17.8. The summed E-state index contributed by atoms with van der Waals surface area (Å²) in [5.74, 6) is 0.784. The fourth-order valence-corrected chi connectivity index (χ4v) is 2.33. The van der Waals surface area contributed by atoms with Crippen molar-refractivity contribution in [3.8, 4) is 5.75 Å². The van der Waals surface area contributed by atoms with Crippen LogP contribution in [0, 0.1) is 0 Å². The number of benzene rings is 2. The molecule has 0 saturated carbocycles. The van der Waals surface area contributed by atoms with Crippen molar-refractivity contribution in [2.24, 2.45) is 0 Å². The van der Waals surface area contributed by atoms with Crippen LogP contribution in [-0.2, 0) is 13.0 Å². The molecule has 25 heavy (non-hydrogen) atoms. The number of aryl methyl sites for hydroxylation is 1. The summed E-state index contributed by atoms with van der Waals surface area (Å²) in [6.07, 6.45) is 4.95. The SMILES string of the molecule is CC.CCCCCc1ccc(N(C)Oc2ccc(C[NH-])cc2)cc1.[K+]. The third-order valence-electron chi connectivity index (χ3n) is 3.74. The molecule has 2 rings (SSSR count). The number of hydroxylamine groups is 1. The Morgan fingerprint density at radius 2 is 1.44 bits per heavy atom. The van der Waals surface area contributed by atoms with Gasteiger partial charge in [-0.25, -0.2) is 5.06 Å². The van der Waals surface area contributed by atoms with Crippen molar-refractivity contribution in [3.05, 3.63) is 65.4 Å². The molecule has 0 amide bonds. The summed E-state index contributed by atoms with van der Waals surface area (Å²) in [5.41, 5.74) is 10.7. The molecule has 2 aromatic rings. The first-order chi connectivity index (χ1) is 11.7. The van der Waals surface area contributed by atoms with E-state index in [0.29, 0.717) is 6.54 Å². The van der Waals surface area contributed by atoms with Gasteiger partial charge in [0, 0.05) is 7.05 Å². The summed E-state index contributed by atoms with van der Waals surface area (Å²) in [5, 5.41) is 1.77. The van der Waals surface area contributed by atoms with Crippen molar-refractivity contribution in [2.75, 3.05) is 12.1 Å². The quantitative estimate of drug-likeness (QED) is 0.408. The van der Waals surface area contributed by atoms with Gasteiger partial charge in [-0.3, -0.25) is 0 Å². The monoisotopic (exact) mass is 366 g/mol. The smallest absolute Gasteiger partial charge is 0.674 e. The van der Waals surface area contributed by atoms with Crippen molar-refractivity contribution < 1.29 is 56.2 Å². The van der Waals surface area contributed by atoms with E-state index in [2.05, 4.69) is 31.2 Å². The molecule has 0 atom stereocenters. The van der Waals surface area contributed by atoms with Gasteiger partial charge in [-0.1, -0.05) is 63.4 Å². The molecule has 4 heteroatoms. The summed E-state index contributed by atoms with van der Waals surface area (Å²) >= 11 is 0. The second-order valence-corrected chi connectivity index (χ2v) is 5.53. The van der Waals surface area contributed by atoms with Crippen LogP contribution in [0.2, 0.25) is 0 Å². The molecule has 2 aromatic carbocycles. The molecule has 0 spiro atoms.